The lowest BCUT2D eigenvalue weighted by molar-refractivity contribution is 0.0939. The molecule has 0 unspecified atom stereocenters. The van der Waals surface area contributed by atoms with Gasteiger partial charge in [-0.1, -0.05) is 35.3 Å². The van der Waals surface area contributed by atoms with Crippen molar-refractivity contribution in [3.05, 3.63) is 69.0 Å². The molecule has 0 bridgehead atoms. The minimum Gasteiger partial charge on any atom is -0.380 e. The molecule has 2 rings (SSSR count). The molecule has 0 radical (unpaired) electrons. The van der Waals surface area contributed by atoms with Gasteiger partial charge in [-0.25, -0.2) is 4.39 Å². The molecule has 1 N–H and O–H groups in total. The summed E-state index contributed by atoms with van der Waals surface area (Å²) in [6.07, 6.45) is 0. The van der Waals surface area contributed by atoms with Crippen LogP contribution in [0.1, 0.15) is 34.5 Å². The van der Waals surface area contributed by atoms with Gasteiger partial charge in [-0.3, -0.25) is 4.79 Å². The van der Waals surface area contributed by atoms with Crippen molar-refractivity contribution in [1.82, 2.24) is 5.32 Å². The van der Waals surface area contributed by atoms with Gasteiger partial charge >= 0.3 is 0 Å². The SMILES string of the molecule is COCc1ccc(C(=O)N[C@H](C)c2cc(F)c(Cl)cc2Cl)cc1. The van der Waals surface area contributed by atoms with Crippen LogP contribution in [-0.4, -0.2) is 13.0 Å². The van der Waals surface area contributed by atoms with Crippen LogP contribution in [0.25, 0.3) is 0 Å². The zero-order valence-corrected chi connectivity index (χ0v) is 14.2. The second kappa shape index (κ2) is 7.77. The first-order valence-electron chi connectivity index (χ1n) is 6.95. The van der Waals surface area contributed by atoms with E-state index in [4.69, 9.17) is 27.9 Å². The summed E-state index contributed by atoms with van der Waals surface area (Å²) in [5.41, 5.74) is 1.94. The quantitative estimate of drug-likeness (QED) is 0.784. The Balaban J connectivity index is 2.11. The van der Waals surface area contributed by atoms with Crippen LogP contribution < -0.4 is 5.32 Å². The van der Waals surface area contributed by atoms with Crippen molar-refractivity contribution >= 4 is 29.1 Å². The standard InChI is InChI=1S/C17H16Cl2FNO2/c1-10(13-7-16(20)15(19)8-14(13)18)21-17(22)12-5-3-11(4-6-12)9-23-2/h3-8,10H,9H2,1-2H3,(H,21,22)/t10-/m1/s1. The molecule has 23 heavy (non-hydrogen) atoms. The molecule has 0 aliphatic carbocycles. The first-order chi connectivity index (χ1) is 10.9. The molecule has 0 aliphatic heterocycles. The van der Waals surface area contributed by atoms with Gasteiger partial charge in [-0.15, -0.1) is 0 Å². The zero-order valence-electron chi connectivity index (χ0n) is 12.7. The summed E-state index contributed by atoms with van der Waals surface area (Å²) in [6.45, 7) is 2.21. The van der Waals surface area contributed by atoms with Gasteiger partial charge in [0.15, 0.2) is 0 Å². The monoisotopic (exact) mass is 355 g/mol. The first-order valence-corrected chi connectivity index (χ1v) is 7.71. The third-order valence-corrected chi connectivity index (χ3v) is 4.00. The number of amides is 1. The fourth-order valence-electron chi connectivity index (χ4n) is 2.15. The molecule has 6 heteroatoms. The van der Waals surface area contributed by atoms with Crippen molar-refractivity contribution in [1.29, 1.82) is 0 Å². The number of carbonyl (C=O) groups excluding carboxylic acids is 1. The Labute approximate surface area is 144 Å². The number of halogens is 3. The van der Waals surface area contributed by atoms with E-state index in [1.165, 1.54) is 12.1 Å². The lowest BCUT2D eigenvalue weighted by atomic mass is 10.1. The highest BCUT2D eigenvalue weighted by Crippen LogP contribution is 2.28. The summed E-state index contributed by atoms with van der Waals surface area (Å²) in [4.78, 5) is 12.3. The molecule has 0 heterocycles. The average molecular weight is 356 g/mol. The Morgan fingerprint density at radius 3 is 2.48 bits per heavy atom. The Hall–Kier alpha value is -1.62. The van der Waals surface area contributed by atoms with Crippen molar-refractivity contribution in [3.63, 3.8) is 0 Å². The van der Waals surface area contributed by atoms with Crippen molar-refractivity contribution in [2.75, 3.05) is 7.11 Å². The lowest BCUT2D eigenvalue weighted by Crippen LogP contribution is -2.27. The maximum Gasteiger partial charge on any atom is 0.251 e. The van der Waals surface area contributed by atoms with Crippen LogP contribution in [0.5, 0.6) is 0 Å². The van der Waals surface area contributed by atoms with Crippen molar-refractivity contribution in [2.45, 2.75) is 19.6 Å². The van der Waals surface area contributed by atoms with E-state index in [0.29, 0.717) is 22.8 Å². The molecule has 0 spiro atoms. The molecule has 122 valence electrons. The molecule has 0 saturated heterocycles. The van der Waals surface area contributed by atoms with E-state index in [1.54, 1.807) is 26.2 Å². The zero-order chi connectivity index (χ0) is 17.0. The largest absolute Gasteiger partial charge is 0.380 e. The molecule has 1 amide bonds. The summed E-state index contributed by atoms with van der Waals surface area (Å²) in [7, 11) is 1.61. The highest BCUT2D eigenvalue weighted by atomic mass is 35.5. The van der Waals surface area contributed by atoms with Gasteiger partial charge in [-0.2, -0.15) is 0 Å². The Kier molecular flexibility index (Phi) is 5.99. The van der Waals surface area contributed by atoms with Gasteiger partial charge < -0.3 is 10.1 Å². The number of rotatable bonds is 5. The maximum atomic E-state index is 13.6. The van der Waals surface area contributed by atoms with E-state index >= 15 is 0 Å². The highest BCUT2D eigenvalue weighted by Gasteiger charge is 2.16. The van der Waals surface area contributed by atoms with Crippen LogP contribution in [0.3, 0.4) is 0 Å². The normalized spacial score (nSPS) is 12.0. The smallest absolute Gasteiger partial charge is 0.251 e. The Bertz CT molecular complexity index is 704. The summed E-state index contributed by atoms with van der Waals surface area (Å²) < 4.78 is 18.6. The molecule has 3 nitrogen and oxygen atoms in total. The van der Waals surface area contributed by atoms with E-state index in [-0.39, 0.29) is 10.9 Å². The van der Waals surface area contributed by atoms with E-state index in [1.807, 2.05) is 12.1 Å². The summed E-state index contributed by atoms with van der Waals surface area (Å²) in [5, 5.41) is 3.04. The average Bonchev–Trinajstić information content (AvgIpc) is 2.51. The molecule has 1 atom stereocenters. The fraction of sp³-hybridized carbons (Fsp3) is 0.235. The van der Waals surface area contributed by atoms with E-state index in [2.05, 4.69) is 5.32 Å². The predicted molar refractivity (Wildman–Crippen MR) is 89.5 cm³/mol. The van der Waals surface area contributed by atoms with Gasteiger partial charge in [0.25, 0.3) is 5.91 Å². The van der Waals surface area contributed by atoms with E-state index in [9.17, 15) is 9.18 Å². The molecular formula is C17H16Cl2FNO2. The fourth-order valence-corrected chi connectivity index (χ4v) is 2.69. The third-order valence-electron chi connectivity index (χ3n) is 3.38. The number of benzene rings is 2. The van der Waals surface area contributed by atoms with Crippen molar-refractivity contribution in [2.24, 2.45) is 0 Å². The maximum absolute atomic E-state index is 13.6. The number of hydrogen-bond donors (Lipinski definition) is 1. The minimum atomic E-state index is -0.573. The summed E-state index contributed by atoms with van der Waals surface area (Å²) in [6, 6.07) is 9.16. The third kappa shape index (κ3) is 4.44. The van der Waals surface area contributed by atoms with Crippen LogP contribution >= 0.6 is 23.2 Å². The first kappa shape index (κ1) is 17.7. The molecule has 0 fully saturated rings. The summed E-state index contributed by atoms with van der Waals surface area (Å²) in [5.74, 6) is -0.844. The molecule has 0 aliphatic rings. The van der Waals surface area contributed by atoms with Gasteiger partial charge in [0.2, 0.25) is 0 Å². The number of methoxy groups -OCH3 is 1. The molecular weight excluding hydrogens is 340 g/mol. The van der Waals surface area contributed by atoms with Crippen LogP contribution in [-0.2, 0) is 11.3 Å². The van der Waals surface area contributed by atoms with Gasteiger partial charge in [-0.05, 0) is 42.3 Å². The molecule has 2 aromatic rings. The van der Waals surface area contributed by atoms with E-state index in [0.717, 1.165) is 5.56 Å². The molecule has 0 aromatic heterocycles. The second-order valence-electron chi connectivity index (χ2n) is 5.11. The van der Waals surface area contributed by atoms with Gasteiger partial charge in [0.05, 0.1) is 17.7 Å². The molecule has 0 saturated carbocycles. The number of ether oxygens (including phenoxy) is 1. The highest BCUT2D eigenvalue weighted by molar-refractivity contribution is 6.35. The Morgan fingerprint density at radius 2 is 1.87 bits per heavy atom. The van der Waals surface area contributed by atoms with Crippen LogP contribution in [0.2, 0.25) is 10.0 Å². The number of carbonyl (C=O) groups is 1. The van der Waals surface area contributed by atoms with Crippen LogP contribution in [0.15, 0.2) is 36.4 Å². The minimum absolute atomic E-state index is 0.0500. The van der Waals surface area contributed by atoms with Crippen molar-refractivity contribution in [3.8, 4) is 0 Å². The van der Waals surface area contributed by atoms with Crippen molar-refractivity contribution < 1.29 is 13.9 Å². The second-order valence-corrected chi connectivity index (χ2v) is 5.93. The number of hydrogen-bond acceptors (Lipinski definition) is 2. The van der Waals surface area contributed by atoms with Crippen LogP contribution in [0, 0.1) is 5.82 Å². The van der Waals surface area contributed by atoms with E-state index < -0.39 is 11.9 Å². The Morgan fingerprint density at radius 1 is 1.22 bits per heavy atom. The van der Waals surface area contributed by atoms with Gasteiger partial charge in [0, 0.05) is 17.7 Å². The van der Waals surface area contributed by atoms with Gasteiger partial charge in [0.1, 0.15) is 5.82 Å². The lowest BCUT2D eigenvalue weighted by Gasteiger charge is -2.16. The number of nitrogens with one attached hydrogen (secondary N) is 1. The molecule has 2 aromatic carbocycles. The predicted octanol–water partition coefficient (Wildman–Crippen LogP) is 4.77. The summed E-state index contributed by atoms with van der Waals surface area (Å²) >= 11 is 11.7. The topological polar surface area (TPSA) is 38.3 Å². The van der Waals surface area contributed by atoms with Crippen LogP contribution in [0.4, 0.5) is 4.39 Å².